The van der Waals surface area contributed by atoms with Gasteiger partial charge < -0.3 is 25.1 Å². The second-order valence-electron chi connectivity index (χ2n) is 10.8. The number of carbonyl (C=O) groups excluding carboxylic acids is 2. The molecule has 2 aliphatic carbocycles. The number of amides is 3. The highest BCUT2D eigenvalue weighted by molar-refractivity contribution is 5.79. The largest absolute Gasteiger partial charge is 0.481 e. The number of carbonyl (C=O) groups is 3. The number of rotatable bonds is 3. The number of aliphatic carboxylic acids is 1. The summed E-state index contributed by atoms with van der Waals surface area (Å²) in [5, 5.41) is 19.9. The van der Waals surface area contributed by atoms with Crippen LogP contribution in [0.2, 0.25) is 0 Å². The maximum atomic E-state index is 12.3. The summed E-state index contributed by atoms with van der Waals surface area (Å²) in [6.45, 7) is 6.13. The minimum Gasteiger partial charge on any atom is -0.481 e. The monoisotopic (exact) mass is 491 g/mol. The molecule has 198 valence electrons. The first kappa shape index (κ1) is 28.9. The number of hydrogen-bond donors (Lipinski definition) is 2. The summed E-state index contributed by atoms with van der Waals surface area (Å²) in [4.78, 5) is 38.6. The Kier molecular flexibility index (Phi) is 11.8. The van der Waals surface area contributed by atoms with Crippen LogP contribution in [0.1, 0.15) is 71.6 Å². The molecular weight excluding hydrogens is 446 g/mol. The molecule has 2 saturated carbocycles. The second kappa shape index (κ2) is 14.3. The zero-order valence-electron chi connectivity index (χ0n) is 22.0. The van der Waals surface area contributed by atoms with Crippen LogP contribution in [-0.4, -0.2) is 90.1 Å². The average Bonchev–Trinajstić information content (AvgIpc) is 3.52. The van der Waals surface area contributed by atoms with E-state index in [-0.39, 0.29) is 18.0 Å². The average molecular weight is 492 g/mol. The van der Waals surface area contributed by atoms with Crippen molar-refractivity contribution in [2.24, 2.45) is 17.8 Å². The fourth-order valence-corrected chi connectivity index (χ4v) is 5.74. The summed E-state index contributed by atoms with van der Waals surface area (Å²) >= 11 is 0. The van der Waals surface area contributed by atoms with Crippen LogP contribution in [0.5, 0.6) is 0 Å². The Morgan fingerprint density at radius 1 is 1.03 bits per heavy atom. The van der Waals surface area contributed by atoms with Gasteiger partial charge in [0.2, 0.25) is 5.91 Å². The molecule has 2 heterocycles. The van der Waals surface area contributed by atoms with Gasteiger partial charge in [-0.3, -0.25) is 9.59 Å². The zero-order valence-corrected chi connectivity index (χ0v) is 22.0. The van der Waals surface area contributed by atoms with Crippen LogP contribution in [0.25, 0.3) is 0 Å². The first-order valence-corrected chi connectivity index (χ1v) is 13.2. The van der Waals surface area contributed by atoms with Crippen LogP contribution in [0, 0.1) is 29.1 Å². The van der Waals surface area contributed by atoms with Gasteiger partial charge in [0.15, 0.2) is 0 Å². The Labute approximate surface area is 210 Å². The lowest BCUT2D eigenvalue weighted by Crippen LogP contribution is -2.43. The number of nitriles is 1. The van der Waals surface area contributed by atoms with Crippen LogP contribution >= 0.6 is 0 Å². The lowest BCUT2D eigenvalue weighted by atomic mass is 9.91. The minimum absolute atomic E-state index is 0.0421. The van der Waals surface area contributed by atoms with Crippen molar-refractivity contribution in [3.05, 3.63) is 0 Å². The smallest absolute Gasteiger partial charge is 0.319 e. The van der Waals surface area contributed by atoms with Crippen molar-refractivity contribution in [2.75, 3.05) is 40.3 Å². The van der Waals surface area contributed by atoms with Crippen molar-refractivity contribution >= 4 is 17.9 Å². The van der Waals surface area contributed by atoms with E-state index in [9.17, 15) is 9.59 Å². The molecule has 3 amide bonds. The summed E-state index contributed by atoms with van der Waals surface area (Å²) in [6.07, 6.45) is 11.2. The van der Waals surface area contributed by atoms with Crippen molar-refractivity contribution in [2.45, 2.75) is 83.7 Å². The highest BCUT2D eigenvalue weighted by Gasteiger charge is 2.42. The molecule has 2 aliphatic heterocycles. The van der Waals surface area contributed by atoms with Gasteiger partial charge in [0.1, 0.15) is 6.04 Å². The number of carboxylic acids is 1. The van der Waals surface area contributed by atoms with E-state index in [1.165, 1.54) is 32.1 Å². The number of urea groups is 1. The molecule has 0 aromatic carbocycles. The number of hydrogen-bond acceptors (Lipinski definition) is 5. The molecule has 35 heavy (non-hydrogen) atoms. The van der Waals surface area contributed by atoms with E-state index in [1.54, 1.807) is 23.9 Å². The Hall–Kier alpha value is -2.34. The minimum atomic E-state index is -0.833. The molecule has 0 aromatic heterocycles. The maximum Gasteiger partial charge on any atom is 0.319 e. The van der Waals surface area contributed by atoms with Crippen LogP contribution in [0.4, 0.5) is 4.79 Å². The number of nitrogens with zero attached hydrogens (tertiary/aromatic N) is 4. The van der Waals surface area contributed by atoms with Crippen molar-refractivity contribution in [3.8, 4) is 6.07 Å². The summed E-state index contributed by atoms with van der Waals surface area (Å²) in [7, 11) is 3.58. The Morgan fingerprint density at radius 3 is 2.06 bits per heavy atom. The van der Waals surface area contributed by atoms with Crippen molar-refractivity contribution in [1.29, 1.82) is 5.26 Å². The van der Waals surface area contributed by atoms with E-state index in [0.717, 1.165) is 51.6 Å². The van der Waals surface area contributed by atoms with E-state index >= 15 is 0 Å². The predicted octanol–water partition coefficient (Wildman–Crippen LogP) is 3.16. The van der Waals surface area contributed by atoms with Crippen LogP contribution in [0.15, 0.2) is 0 Å². The maximum absolute atomic E-state index is 12.3. The number of carboxylic acid groups (broad SMARTS) is 1. The van der Waals surface area contributed by atoms with Gasteiger partial charge >= 0.3 is 6.03 Å². The molecule has 0 radical (unpaired) electrons. The van der Waals surface area contributed by atoms with E-state index in [1.807, 2.05) is 4.90 Å². The molecule has 9 heteroatoms. The lowest BCUT2D eigenvalue weighted by molar-refractivity contribution is -0.134. The van der Waals surface area contributed by atoms with E-state index in [2.05, 4.69) is 18.3 Å². The standard InChI is InChI=1S/C17H27N5O2.C7H14.C2H4O2/c1-20(2)17(24)21-10-12-6-14(7-13(12)11-21)19-9-16(23)22-5-3-4-15(22)8-18;1-7-5-3-2-4-6-7;1-2(3)4/h12-15,19H,3-7,9-11H2,1-2H3;7H,2-6H2,1H3;1H3,(H,3,4)/t12-,13+,14?,15?;;. The third kappa shape index (κ3) is 9.32. The van der Waals surface area contributed by atoms with Gasteiger partial charge in [0.05, 0.1) is 12.6 Å². The third-order valence-electron chi connectivity index (χ3n) is 7.56. The quantitative estimate of drug-likeness (QED) is 0.626. The van der Waals surface area contributed by atoms with Gasteiger partial charge in [-0.05, 0) is 43.4 Å². The zero-order chi connectivity index (χ0) is 26.0. The molecule has 4 fully saturated rings. The SMILES string of the molecule is CC(=O)O.CC1CCCCC1.CN(C)C(=O)N1C[C@H]2CC(NCC(=O)N3CCCC3C#N)C[C@H]2C1. The van der Waals surface area contributed by atoms with Gasteiger partial charge in [-0.15, -0.1) is 0 Å². The molecule has 0 bridgehead atoms. The normalized spacial score (nSPS) is 27.6. The topological polar surface area (TPSA) is 117 Å². The molecule has 2 N–H and O–H groups in total. The van der Waals surface area contributed by atoms with Crippen LogP contribution in [0.3, 0.4) is 0 Å². The lowest BCUT2D eigenvalue weighted by Gasteiger charge is -2.24. The van der Waals surface area contributed by atoms with Crippen molar-refractivity contribution in [1.82, 2.24) is 20.0 Å². The van der Waals surface area contributed by atoms with Crippen LogP contribution in [-0.2, 0) is 9.59 Å². The molecule has 4 aliphatic rings. The summed E-state index contributed by atoms with van der Waals surface area (Å²) in [5.74, 6) is 1.33. The van der Waals surface area contributed by atoms with Gasteiger partial charge in [-0.2, -0.15) is 5.26 Å². The third-order valence-corrected chi connectivity index (χ3v) is 7.56. The fourth-order valence-electron chi connectivity index (χ4n) is 5.74. The fraction of sp³-hybridized carbons (Fsp3) is 0.846. The van der Waals surface area contributed by atoms with E-state index in [0.29, 0.717) is 31.0 Å². The molecule has 0 spiro atoms. The second-order valence-corrected chi connectivity index (χ2v) is 10.8. The molecule has 9 nitrogen and oxygen atoms in total. The molecule has 2 unspecified atom stereocenters. The summed E-state index contributed by atoms with van der Waals surface area (Å²) < 4.78 is 0. The number of likely N-dealkylation sites (tertiary alicyclic amines) is 2. The molecule has 4 rings (SSSR count). The summed E-state index contributed by atoms with van der Waals surface area (Å²) in [6, 6.07) is 2.42. The number of fused-ring (bicyclic) bond motifs is 1. The van der Waals surface area contributed by atoms with Gasteiger partial charge in [0, 0.05) is 46.7 Å². The predicted molar refractivity (Wildman–Crippen MR) is 135 cm³/mol. The van der Waals surface area contributed by atoms with Gasteiger partial charge in [0.25, 0.3) is 5.97 Å². The van der Waals surface area contributed by atoms with Gasteiger partial charge in [-0.25, -0.2) is 4.79 Å². The Bertz CT molecular complexity index is 729. The Morgan fingerprint density at radius 2 is 1.60 bits per heavy atom. The summed E-state index contributed by atoms with van der Waals surface area (Å²) in [5.41, 5.74) is 0. The molecule has 2 saturated heterocycles. The van der Waals surface area contributed by atoms with Crippen LogP contribution < -0.4 is 5.32 Å². The Balaban J connectivity index is 0.000000325. The molecule has 0 aromatic rings. The van der Waals surface area contributed by atoms with Crippen molar-refractivity contribution < 1.29 is 19.5 Å². The van der Waals surface area contributed by atoms with Crippen molar-refractivity contribution in [3.63, 3.8) is 0 Å². The highest BCUT2D eigenvalue weighted by atomic mass is 16.4. The first-order chi connectivity index (χ1) is 16.6. The van der Waals surface area contributed by atoms with Gasteiger partial charge in [-0.1, -0.05) is 39.0 Å². The van der Waals surface area contributed by atoms with E-state index in [4.69, 9.17) is 15.2 Å². The molecular formula is C26H45N5O4. The molecule has 4 atom stereocenters. The van der Waals surface area contributed by atoms with E-state index < -0.39 is 5.97 Å². The first-order valence-electron chi connectivity index (χ1n) is 13.2. The highest BCUT2D eigenvalue weighted by Crippen LogP contribution is 2.38. The number of nitrogens with one attached hydrogen (secondary N) is 1.